The van der Waals surface area contributed by atoms with E-state index in [4.69, 9.17) is 4.74 Å². The molecule has 3 fully saturated rings. The number of nitrogens with one attached hydrogen (secondary N) is 1. The second-order valence-electron chi connectivity index (χ2n) is 7.35. The molecule has 7 nitrogen and oxygen atoms in total. The number of fused-ring (bicyclic) bond motifs is 2. The molecular weight excluding hydrogens is 353 g/mol. The fraction of sp³-hybridized carbons (Fsp3) is 0.579. The Morgan fingerprint density at radius 2 is 2.04 bits per heavy atom. The number of rotatable bonds is 4. The van der Waals surface area contributed by atoms with Crippen LogP contribution in [0.1, 0.15) is 32.1 Å². The molecule has 0 aromatic heterocycles. The lowest BCUT2D eigenvalue weighted by Gasteiger charge is -2.37. The van der Waals surface area contributed by atoms with Crippen LogP contribution in [0.4, 0.5) is 25.4 Å². The van der Waals surface area contributed by atoms with E-state index < -0.39 is 18.3 Å². The van der Waals surface area contributed by atoms with E-state index in [-0.39, 0.29) is 18.9 Å². The average Bonchev–Trinajstić information content (AvgIpc) is 3.15. The second-order valence-corrected chi connectivity index (χ2v) is 7.35. The monoisotopic (exact) mass is 377 g/mol. The van der Waals surface area contributed by atoms with Crippen molar-refractivity contribution in [1.29, 1.82) is 0 Å². The molecule has 1 aromatic carbocycles. The van der Waals surface area contributed by atoms with E-state index in [2.05, 4.69) is 15.0 Å². The second kappa shape index (κ2) is 7.25. The summed E-state index contributed by atoms with van der Waals surface area (Å²) in [6, 6.07) is 5.79. The summed E-state index contributed by atoms with van der Waals surface area (Å²) in [5, 5.41) is 2.50. The van der Waals surface area contributed by atoms with E-state index in [1.807, 2.05) is 0 Å². The average molecular weight is 377 g/mol. The maximum atomic E-state index is 14.9. The molecule has 3 aliphatic rings. The molecule has 3 heterocycles. The van der Waals surface area contributed by atoms with Gasteiger partial charge in [-0.05, 0) is 50.3 Å². The standard InChI is InChI=1S/C19H24FN3O4/c1-26-18(24)21-10-15-11-22(19(25)27-15)14-7-8-17(16(20)9-14)23-12-3-2-4-13(23)6-5-12/h7-9,12-13,15H,2-6,10-11H2,1H3,(H,21,24)/t12?,13?,15-/m0/s1. The SMILES string of the molecule is COC(=O)NC[C@H]1CN(c2ccc(N3C4CCCC3CC4)c(F)c2)C(=O)O1. The van der Waals surface area contributed by atoms with E-state index in [0.717, 1.165) is 25.7 Å². The molecule has 0 saturated carbocycles. The Hall–Kier alpha value is -2.51. The highest BCUT2D eigenvalue weighted by molar-refractivity contribution is 5.90. The number of piperidine rings is 1. The fourth-order valence-corrected chi connectivity index (χ4v) is 4.49. The Kier molecular flexibility index (Phi) is 4.80. The molecule has 2 bridgehead atoms. The molecule has 2 amide bonds. The van der Waals surface area contributed by atoms with Gasteiger partial charge in [-0.1, -0.05) is 0 Å². The first-order valence-corrected chi connectivity index (χ1v) is 9.44. The van der Waals surface area contributed by atoms with Crippen LogP contribution in [0.15, 0.2) is 18.2 Å². The number of hydrogen-bond donors (Lipinski definition) is 1. The molecule has 27 heavy (non-hydrogen) atoms. The summed E-state index contributed by atoms with van der Waals surface area (Å²) in [4.78, 5) is 26.9. The van der Waals surface area contributed by atoms with Gasteiger partial charge in [0.25, 0.3) is 0 Å². The molecule has 0 aliphatic carbocycles. The minimum Gasteiger partial charge on any atom is -0.453 e. The molecule has 1 aromatic rings. The lowest BCUT2D eigenvalue weighted by Crippen LogP contribution is -2.40. The molecule has 3 atom stereocenters. The summed E-state index contributed by atoms with van der Waals surface area (Å²) in [7, 11) is 1.27. The van der Waals surface area contributed by atoms with Crippen molar-refractivity contribution in [2.75, 3.05) is 30.0 Å². The van der Waals surface area contributed by atoms with Gasteiger partial charge < -0.3 is 19.7 Å². The first-order chi connectivity index (χ1) is 13.1. The summed E-state index contributed by atoms with van der Waals surface area (Å²) in [5.74, 6) is -0.310. The van der Waals surface area contributed by atoms with Gasteiger partial charge in [-0.2, -0.15) is 0 Å². The zero-order chi connectivity index (χ0) is 19.0. The molecule has 0 radical (unpaired) electrons. The van der Waals surface area contributed by atoms with E-state index in [9.17, 15) is 14.0 Å². The number of carbonyl (C=O) groups is 2. The predicted octanol–water partition coefficient (Wildman–Crippen LogP) is 3.03. The topological polar surface area (TPSA) is 71.1 Å². The highest BCUT2D eigenvalue weighted by atomic mass is 19.1. The molecule has 1 N–H and O–H groups in total. The molecule has 0 spiro atoms. The van der Waals surface area contributed by atoms with E-state index in [1.54, 1.807) is 12.1 Å². The third-order valence-corrected chi connectivity index (χ3v) is 5.75. The summed E-state index contributed by atoms with van der Waals surface area (Å²) in [5.41, 5.74) is 1.09. The van der Waals surface area contributed by atoms with Crippen LogP contribution in [0.25, 0.3) is 0 Å². The molecule has 8 heteroatoms. The van der Waals surface area contributed by atoms with Crippen molar-refractivity contribution in [3.8, 4) is 0 Å². The van der Waals surface area contributed by atoms with Gasteiger partial charge in [0.05, 0.1) is 31.6 Å². The Morgan fingerprint density at radius 1 is 1.30 bits per heavy atom. The first-order valence-electron chi connectivity index (χ1n) is 9.44. The van der Waals surface area contributed by atoms with Crippen molar-refractivity contribution in [1.82, 2.24) is 5.32 Å². The Labute approximate surface area is 157 Å². The maximum absolute atomic E-state index is 14.9. The van der Waals surface area contributed by atoms with E-state index >= 15 is 0 Å². The minimum absolute atomic E-state index is 0.145. The predicted molar refractivity (Wildman–Crippen MR) is 97.6 cm³/mol. The number of nitrogens with zero attached hydrogens (tertiary/aromatic N) is 2. The van der Waals surface area contributed by atoms with Crippen LogP contribution in [-0.2, 0) is 9.47 Å². The van der Waals surface area contributed by atoms with Gasteiger partial charge in [-0.3, -0.25) is 4.90 Å². The Morgan fingerprint density at radius 3 is 2.70 bits per heavy atom. The quantitative estimate of drug-likeness (QED) is 0.873. The number of carbonyl (C=O) groups excluding carboxylic acids is 2. The van der Waals surface area contributed by atoms with Crippen LogP contribution >= 0.6 is 0 Å². The van der Waals surface area contributed by atoms with Crippen LogP contribution in [0.3, 0.4) is 0 Å². The number of hydrogen-bond acceptors (Lipinski definition) is 5. The Bertz CT molecular complexity index is 728. The molecule has 2 unspecified atom stereocenters. The van der Waals surface area contributed by atoms with Gasteiger partial charge >= 0.3 is 12.2 Å². The third-order valence-electron chi connectivity index (χ3n) is 5.75. The van der Waals surface area contributed by atoms with Crippen LogP contribution in [0.5, 0.6) is 0 Å². The van der Waals surface area contributed by atoms with Gasteiger partial charge in [-0.25, -0.2) is 14.0 Å². The number of methoxy groups -OCH3 is 1. The highest BCUT2D eigenvalue weighted by Gasteiger charge is 2.38. The number of benzene rings is 1. The number of anilines is 2. The minimum atomic E-state index is -0.587. The molecule has 3 aliphatic heterocycles. The normalized spacial score (nSPS) is 26.9. The van der Waals surface area contributed by atoms with Gasteiger partial charge in [0.2, 0.25) is 0 Å². The Balaban J connectivity index is 1.46. The first kappa shape index (κ1) is 17.9. The number of ether oxygens (including phenoxy) is 2. The number of amides is 2. The van der Waals surface area contributed by atoms with Gasteiger partial charge in [0.15, 0.2) is 0 Å². The number of cyclic esters (lactones) is 1. The summed E-state index contributed by atoms with van der Waals surface area (Å²) < 4.78 is 24.6. The van der Waals surface area contributed by atoms with Gasteiger partial charge in [-0.15, -0.1) is 0 Å². The maximum Gasteiger partial charge on any atom is 0.414 e. The summed E-state index contributed by atoms with van der Waals surface area (Å²) >= 11 is 0. The zero-order valence-electron chi connectivity index (χ0n) is 15.3. The van der Waals surface area contributed by atoms with Crippen molar-refractivity contribution < 1.29 is 23.5 Å². The van der Waals surface area contributed by atoms with Crippen molar-refractivity contribution in [2.24, 2.45) is 0 Å². The summed E-state index contributed by atoms with van der Waals surface area (Å²) in [6.07, 6.45) is 4.06. The molecule has 4 rings (SSSR count). The van der Waals surface area contributed by atoms with Crippen molar-refractivity contribution in [2.45, 2.75) is 50.3 Å². The van der Waals surface area contributed by atoms with Crippen LogP contribution < -0.4 is 15.1 Å². The highest BCUT2D eigenvalue weighted by Crippen LogP contribution is 2.41. The molecule has 146 valence electrons. The van der Waals surface area contributed by atoms with Crippen molar-refractivity contribution >= 4 is 23.6 Å². The third kappa shape index (κ3) is 3.40. The van der Waals surface area contributed by atoms with Crippen LogP contribution in [0, 0.1) is 5.82 Å². The molecule has 3 saturated heterocycles. The number of alkyl carbamates (subject to hydrolysis) is 1. The number of halogens is 1. The van der Waals surface area contributed by atoms with Crippen molar-refractivity contribution in [3.63, 3.8) is 0 Å². The lowest BCUT2D eigenvalue weighted by molar-refractivity contribution is 0.132. The van der Waals surface area contributed by atoms with E-state index in [1.165, 1.54) is 24.5 Å². The zero-order valence-corrected chi connectivity index (χ0v) is 15.3. The summed E-state index contributed by atoms with van der Waals surface area (Å²) in [6.45, 7) is 0.392. The van der Waals surface area contributed by atoms with Gasteiger partial charge in [0.1, 0.15) is 11.9 Å². The van der Waals surface area contributed by atoms with E-state index in [0.29, 0.717) is 23.5 Å². The van der Waals surface area contributed by atoms with Crippen LogP contribution in [-0.4, -0.2) is 50.6 Å². The lowest BCUT2D eigenvalue weighted by atomic mass is 10.0. The molecular formula is C19H24FN3O4. The van der Waals surface area contributed by atoms with Crippen LogP contribution in [0.2, 0.25) is 0 Å². The largest absolute Gasteiger partial charge is 0.453 e. The van der Waals surface area contributed by atoms with Gasteiger partial charge in [0, 0.05) is 12.1 Å². The smallest absolute Gasteiger partial charge is 0.414 e. The fourth-order valence-electron chi connectivity index (χ4n) is 4.49. The van der Waals surface area contributed by atoms with Crippen molar-refractivity contribution in [3.05, 3.63) is 24.0 Å².